The molecule has 0 amide bonds. The second-order valence-electron chi connectivity index (χ2n) is 9.30. The molecule has 1 aromatic heterocycles. The first-order valence-electron chi connectivity index (χ1n) is 10.5. The second kappa shape index (κ2) is 6.40. The van der Waals surface area contributed by atoms with Crippen LogP contribution in [0.4, 0.5) is 0 Å². The quantitative estimate of drug-likeness (QED) is 0.585. The van der Waals surface area contributed by atoms with E-state index in [1.165, 1.54) is 13.2 Å². The van der Waals surface area contributed by atoms with Crippen LogP contribution in [0.25, 0.3) is 0 Å². The number of furan rings is 1. The summed E-state index contributed by atoms with van der Waals surface area (Å²) in [5, 5.41) is 10.8. The Bertz CT molecular complexity index is 887. The van der Waals surface area contributed by atoms with Gasteiger partial charge in [0.05, 0.1) is 30.7 Å². The molecule has 3 heterocycles. The molecular formula is C22H26O8. The number of carbonyl (C=O) groups excluding carboxylic acids is 3. The molecule has 0 aromatic carbocycles. The Labute approximate surface area is 173 Å². The number of fused-ring (bicyclic) bond motifs is 3. The average Bonchev–Trinajstić information content (AvgIpc) is 3.16. The normalized spacial score (nSPS) is 44.8. The zero-order valence-electron chi connectivity index (χ0n) is 17.1. The van der Waals surface area contributed by atoms with Crippen molar-refractivity contribution in [2.24, 2.45) is 22.7 Å². The second-order valence-corrected chi connectivity index (χ2v) is 9.30. The summed E-state index contributed by atoms with van der Waals surface area (Å²) in [7, 11) is 0. The largest absolute Gasteiger partial charge is 0.472 e. The van der Waals surface area contributed by atoms with Crippen molar-refractivity contribution >= 4 is 17.7 Å². The molecule has 5 rings (SSSR count). The molecule has 2 aliphatic carbocycles. The number of epoxide rings is 1. The highest BCUT2D eigenvalue weighted by Gasteiger charge is 2.80. The SMILES string of the molecule is CC(=O)OCC12C(=O)CC(C)C3(CC(c4ccoc4)OC3=O)C1CCC(O)C21CO1. The van der Waals surface area contributed by atoms with Crippen molar-refractivity contribution in [3.8, 4) is 0 Å². The van der Waals surface area contributed by atoms with E-state index in [9.17, 15) is 19.5 Å². The molecule has 2 saturated heterocycles. The number of aliphatic hydroxyl groups is 1. The molecule has 7 unspecified atom stereocenters. The number of ether oxygens (including phenoxy) is 3. The van der Waals surface area contributed by atoms with Gasteiger partial charge in [0.15, 0.2) is 0 Å². The van der Waals surface area contributed by atoms with Gasteiger partial charge < -0.3 is 23.7 Å². The summed E-state index contributed by atoms with van der Waals surface area (Å²) in [4.78, 5) is 38.7. The first-order chi connectivity index (χ1) is 14.3. The zero-order chi connectivity index (χ0) is 21.3. The van der Waals surface area contributed by atoms with Gasteiger partial charge in [0, 0.05) is 25.3 Å². The van der Waals surface area contributed by atoms with Gasteiger partial charge >= 0.3 is 11.9 Å². The van der Waals surface area contributed by atoms with Gasteiger partial charge in [-0.15, -0.1) is 0 Å². The van der Waals surface area contributed by atoms with Crippen LogP contribution in [0.5, 0.6) is 0 Å². The van der Waals surface area contributed by atoms with Crippen molar-refractivity contribution in [3.63, 3.8) is 0 Å². The Balaban J connectivity index is 1.62. The number of hydrogen-bond donors (Lipinski definition) is 1. The van der Waals surface area contributed by atoms with Crippen molar-refractivity contribution in [3.05, 3.63) is 24.2 Å². The van der Waals surface area contributed by atoms with Gasteiger partial charge in [-0.05, 0) is 30.7 Å². The van der Waals surface area contributed by atoms with Crippen LogP contribution in [0.3, 0.4) is 0 Å². The highest BCUT2D eigenvalue weighted by Crippen LogP contribution is 2.69. The fraction of sp³-hybridized carbons (Fsp3) is 0.682. The molecule has 162 valence electrons. The lowest BCUT2D eigenvalue weighted by Crippen LogP contribution is -2.69. The molecule has 8 nitrogen and oxygen atoms in total. The van der Waals surface area contributed by atoms with Crippen molar-refractivity contribution in [2.45, 2.75) is 57.3 Å². The van der Waals surface area contributed by atoms with E-state index in [2.05, 4.69) is 0 Å². The summed E-state index contributed by atoms with van der Waals surface area (Å²) < 4.78 is 22.2. The number of hydrogen-bond acceptors (Lipinski definition) is 8. The van der Waals surface area contributed by atoms with Crippen LogP contribution in [0.15, 0.2) is 23.0 Å². The number of Topliss-reactive ketones (excluding diaryl/α,β-unsaturated/α-hetero) is 1. The third-order valence-corrected chi connectivity index (χ3v) is 8.13. The van der Waals surface area contributed by atoms with Crippen LogP contribution in [0, 0.1) is 22.7 Å². The maximum atomic E-state index is 13.6. The number of ketones is 1. The van der Waals surface area contributed by atoms with Gasteiger partial charge in [0.25, 0.3) is 0 Å². The molecule has 2 saturated carbocycles. The van der Waals surface area contributed by atoms with E-state index >= 15 is 0 Å². The monoisotopic (exact) mass is 418 g/mol. The molecule has 4 aliphatic rings. The predicted molar refractivity (Wildman–Crippen MR) is 99.9 cm³/mol. The number of aliphatic hydroxyl groups excluding tert-OH is 1. The fourth-order valence-corrected chi connectivity index (χ4v) is 6.56. The highest BCUT2D eigenvalue weighted by atomic mass is 16.6. The lowest BCUT2D eigenvalue weighted by Gasteiger charge is -2.58. The molecule has 0 radical (unpaired) electrons. The van der Waals surface area contributed by atoms with E-state index in [4.69, 9.17) is 18.6 Å². The van der Waals surface area contributed by atoms with Crippen molar-refractivity contribution in [1.29, 1.82) is 0 Å². The first-order valence-corrected chi connectivity index (χ1v) is 10.5. The predicted octanol–water partition coefficient (Wildman–Crippen LogP) is 1.95. The van der Waals surface area contributed by atoms with Gasteiger partial charge in [-0.3, -0.25) is 14.4 Å². The summed E-state index contributed by atoms with van der Waals surface area (Å²) >= 11 is 0. The molecule has 4 fully saturated rings. The smallest absolute Gasteiger partial charge is 0.313 e. The Morgan fingerprint density at radius 2 is 2.10 bits per heavy atom. The van der Waals surface area contributed by atoms with E-state index in [0.29, 0.717) is 19.3 Å². The molecule has 0 bridgehead atoms. The molecule has 2 aliphatic heterocycles. The van der Waals surface area contributed by atoms with Crippen LogP contribution >= 0.6 is 0 Å². The Hall–Kier alpha value is -2.19. The minimum Gasteiger partial charge on any atom is -0.472 e. The molecule has 30 heavy (non-hydrogen) atoms. The third-order valence-electron chi connectivity index (χ3n) is 8.13. The maximum absolute atomic E-state index is 13.6. The molecule has 1 aromatic rings. The molecular weight excluding hydrogens is 392 g/mol. The summed E-state index contributed by atoms with van der Waals surface area (Å²) in [5.41, 5.74) is -2.51. The van der Waals surface area contributed by atoms with Gasteiger partial charge in [-0.25, -0.2) is 0 Å². The molecule has 7 atom stereocenters. The van der Waals surface area contributed by atoms with Crippen LogP contribution < -0.4 is 0 Å². The van der Waals surface area contributed by atoms with E-state index in [-0.39, 0.29) is 37.3 Å². The minimum absolute atomic E-state index is 0.109. The van der Waals surface area contributed by atoms with Crippen molar-refractivity contribution < 1.29 is 38.1 Å². The lowest BCUT2D eigenvalue weighted by atomic mass is 9.43. The van der Waals surface area contributed by atoms with Gasteiger partial charge in [0.2, 0.25) is 0 Å². The maximum Gasteiger partial charge on any atom is 0.313 e. The average molecular weight is 418 g/mol. The highest BCUT2D eigenvalue weighted by molar-refractivity contribution is 5.93. The number of carbonyl (C=O) groups is 3. The van der Waals surface area contributed by atoms with E-state index in [1.54, 1.807) is 12.3 Å². The lowest BCUT2D eigenvalue weighted by molar-refractivity contribution is -0.200. The Kier molecular flexibility index (Phi) is 4.22. The first kappa shape index (κ1) is 19.8. The standard InChI is InChI=1S/C22H26O8/c1-12-7-18(25)21(10-28-13(2)23)16(3-4-17(24)22(21)11-29-22)20(12)8-15(30-19(20)26)14-5-6-27-9-14/h5-6,9,12,15-17,24H,3-4,7-8,10-11H2,1-2H3. The number of cyclic esters (lactones) is 1. The van der Waals surface area contributed by atoms with E-state index in [1.807, 2.05) is 6.92 Å². The van der Waals surface area contributed by atoms with Crippen LogP contribution in [0.2, 0.25) is 0 Å². The van der Waals surface area contributed by atoms with Crippen LogP contribution in [0.1, 0.15) is 51.2 Å². The summed E-state index contributed by atoms with van der Waals surface area (Å²) in [6, 6.07) is 1.78. The third kappa shape index (κ3) is 2.32. The zero-order valence-corrected chi connectivity index (χ0v) is 17.1. The van der Waals surface area contributed by atoms with Crippen LogP contribution in [-0.2, 0) is 28.6 Å². The molecule has 8 heteroatoms. The van der Waals surface area contributed by atoms with Crippen molar-refractivity contribution in [1.82, 2.24) is 0 Å². The van der Waals surface area contributed by atoms with Gasteiger partial charge in [0.1, 0.15) is 29.5 Å². The number of esters is 2. The van der Waals surface area contributed by atoms with Gasteiger partial charge in [-0.1, -0.05) is 6.92 Å². The van der Waals surface area contributed by atoms with Crippen molar-refractivity contribution in [2.75, 3.05) is 13.2 Å². The van der Waals surface area contributed by atoms with Crippen LogP contribution in [-0.4, -0.2) is 47.7 Å². The molecule has 1 N–H and O–H groups in total. The Morgan fingerprint density at radius 1 is 1.33 bits per heavy atom. The minimum atomic E-state index is -1.26. The fourth-order valence-electron chi connectivity index (χ4n) is 6.56. The number of rotatable bonds is 3. The summed E-state index contributed by atoms with van der Waals surface area (Å²) in [6.45, 7) is 3.22. The van der Waals surface area contributed by atoms with E-state index < -0.39 is 40.5 Å². The summed E-state index contributed by atoms with van der Waals surface area (Å²) in [6.07, 6.45) is 3.23. The topological polar surface area (TPSA) is 116 Å². The molecule has 2 spiro atoms. The summed E-state index contributed by atoms with van der Waals surface area (Å²) in [5.74, 6) is -1.64. The van der Waals surface area contributed by atoms with Gasteiger partial charge in [-0.2, -0.15) is 0 Å². The van der Waals surface area contributed by atoms with E-state index in [0.717, 1.165) is 5.56 Å². The Morgan fingerprint density at radius 3 is 2.73 bits per heavy atom.